The number of benzene rings is 1. The number of hydrogen-bond donors (Lipinski definition) is 1. The number of nitrogens with zero attached hydrogens (tertiary/aromatic N) is 3. The number of aliphatic hydroxyl groups is 1. The molecule has 1 heterocycles. The van der Waals surface area contributed by atoms with Crippen LogP contribution in [0.3, 0.4) is 0 Å². The van der Waals surface area contributed by atoms with Crippen molar-refractivity contribution in [2.45, 2.75) is 45.1 Å². The summed E-state index contributed by atoms with van der Waals surface area (Å²) < 4.78 is 14.8. The number of rotatable bonds is 4. The molecule has 0 spiro atoms. The number of likely N-dealkylation sites (N-methyl/N-ethyl adjacent to an activating group) is 1. The number of hydrogen-bond acceptors (Lipinski definition) is 3. The van der Waals surface area contributed by atoms with Gasteiger partial charge in [0.2, 0.25) is 0 Å². The van der Waals surface area contributed by atoms with E-state index in [0.29, 0.717) is 29.2 Å². The quantitative estimate of drug-likeness (QED) is 0.927. The van der Waals surface area contributed by atoms with Gasteiger partial charge in [0.25, 0.3) is 5.91 Å². The third-order valence-electron chi connectivity index (χ3n) is 4.99. The maximum atomic E-state index is 13.1. The fourth-order valence-electron chi connectivity index (χ4n) is 3.68. The van der Waals surface area contributed by atoms with Crippen LogP contribution >= 0.6 is 0 Å². The first-order valence-corrected chi connectivity index (χ1v) is 8.61. The molecule has 1 aliphatic carbocycles. The molecule has 6 heteroatoms. The number of aryl methyl sites for hydroxylation is 1. The van der Waals surface area contributed by atoms with Gasteiger partial charge in [0.15, 0.2) is 0 Å². The summed E-state index contributed by atoms with van der Waals surface area (Å²) in [7, 11) is 1.72. The highest BCUT2D eigenvalue weighted by molar-refractivity contribution is 5.96. The summed E-state index contributed by atoms with van der Waals surface area (Å²) in [6.45, 7) is 3.94. The van der Waals surface area contributed by atoms with Crippen molar-refractivity contribution in [2.24, 2.45) is 0 Å². The first-order valence-electron chi connectivity index (χ1n) is 8.61. The number of carbonyl (C=O) groups is 1. The topological polar surface area (TPSA) is 58.4 Å². The fourth-order valence-corrected chi connectivity index (χ4v) is 3.68. The molecular weight excluding hydrogens is 321 g/mol. The van der Waals surface area contributed by atoms with Crippen LogP contribution in [0, 0.1) is 19.7 Å². The second-order valence-corrected chi connectivity index (χ2v) is 7.03. The lowest BCUT2D eigenvalue weighted by Crippen LogP contribution is -2.42. The molecule has 1 amide bonds. The lowest BCUT2D eigenvalue weighted by Gasteiger charge is -2.28. The van der Waals surface area contributed by atoms with Crippen LogP contribution in [-0.4, -0.2) is 44.9 Å². The molecule has 25 heavy (non-hydrogen) atoms. The monoisotopic (exact) mass is 345 g/mol. The van der Waals surface area contributed by atoms with Gasteiger partial charge in [-0.25, -0.2) is 9.07 Å². The molecule has 0 saturated heterocycles. The highest BCUT2D eigenvalue weighted by Crippen LogP contribution is 2.30. The van der Waals surface area contributed by atoms with E-state index in [9.17, 15) is 14.3 Å². The summed E-state index contributed by atoms with van der Waals surface area (Å²) >= 11 is 0. The standard InChI is InChI=1S/C19H24FN3O2/c1-13-17(18(24)22(3)12-19(25)10-4-5-11-19)14(2)23(21-13)16-8-6-15(20)7-9-16/h6-9,25H,4-5,10-12H2,1-3H3. The molecule has 1 N–H and O–H groups in total. The zero-order valence-electron chi connectivity index (χ0n) is 14.9. The Labute approximate surface area is 147 Å². The Kier molecular flexibility index (Phi) is 4.64. The fraction of sp³-hybridized carbons (Fsp3) is 0.474. The zero-order chi connectivity index (χ0) is 18.2. The first kappa shape index (κ1) is 17.6. The van der Waals surface area contributed by atoms with Crippen molar-refractivity contribution in [3.63, 3.8) is 0 Å². The summed E-state index contributed by atoms with van der Waals surface area (Å²) in [5.74, 6) is -0.463. The first-order chi connectivity index (χ1) is 11.8. The summed E-state index contributed by atoms with van der Waals surface area (Å²) in [6.07, 6.45) is 3.47. The molecule has 5 nitrogen and oxygen atoms in total. The summed E-state index contributed by atoms with van der Waals surface area (Å²) in [6, 6.07) is 6.01. The van der Waals surface area contributed by atoms with Crippen molar-refractivity contribution in [3.8, 4) is 5.69 Å². The maximum Gasteiger partial charge on any atom is 0.257 e. The molecule has 0 unspecified atom stereocenters. The number of halogens is 1. The lowest BCUT2D eigenvalue weighted by atomic mass is 10.0. The lowest BCUT2D eigenvalue weighted by molar-refractivity contribution is 0.0156. The molecule has 0 radical (unpaired) electrons. The van der Waals surface area contributed by atoms with Gasteiger partial charge in [0, 0.05) is 13.6 Å². The highest BCUT2D eigenvalue weighted by atomic mass is 19.1. The summed E-state index contributed by atoms with van der Waals surface area (Å²) in [5, 5.41) is 15.0. The Morgan fingerprint density at radius 1 is 1.28 bits per heavy atom. The van der Waals surface area contributed by atoms with E-state index in [4.69, 9.17) is 0 Å². The Morgan fingerprint density at radius 3 is 2.48 bits per heavy atom. The Morgan fingerprint density at radius 2 is 1.88 bits per heavy atom. The molecule has 3 rings (SSSR count). The molecule has 0 bridgehead atoms. The molecule has 1 aromatic carbocycles. The molecular formula is C19H24FN3O2. The van der Waals surface area contributed by atoms with Gasteiger partial charge in [-0.15, -0.1) is 0 Å². The highest BCUT2D eigenvalue weighted by Gasteiger charge is 2.34. The minimum atomic E-state index is -0.779. The van der Waals surface area contributed by atoms with Gasteiger partial charge in [-0.1, -0.05) is 12.8 Å². The molecule has 134 valence electrons. The number of amides is 1. The van der Waals surface area contributed by atoms with Crippen molar-refractivity contribution < 1.29 is 14.3 Å². The van der Waals surface area contributed by atoms with Crippen LogP contribution in [0.25, 0.3) is 5.69 Å². The second-order valence-electron chi connectivity index (χ2n) is 7.03. The molecule has 2 aromatic rings. The van der Waals surface area contributed by atoms with E-state index in [1.54, 1.807) is 35.7 Å². The van der Waals surface area contributed by atoms with Gasteiger partial charge in [0.1, 0.15) is 5.82 Å². The largest absolute Gasteiger partial charge is 0.388 e. The van der Waals surface area contributed by atoms with Gasteiger partial charge in [-0.2, -0.15) is 5.10 Å². The summed E-state index contributed by atoms with van der Waals surface area (Å²) in [5.41, 5.74) is 1.79. The second kappa shape index (κ2) is 6.59. The van der Waals surface area contributed by atoms with Crippen LogP contribution < -0.4 is 0 Å². The van der Waals surface area contributed by atoms with E-state index in [-0.39, 0.29) is 11.7 Å². The van der Waals surface area contributed by atoms with E-state index >= 15 is 0 Å². The van der Waals surface area contributed by atoms with E-state index < -0.39 is 5.60 Å². The zero-order valence-corrected chi connectivity index (χ0v) is 14.9. The van der Waals surface area contributed by atoms with Crippen molar-refractivity contribution >= 4 is 5.91 Å². The van der Waals surface area contributed by atoms with E-state index in [1.807, 2.05) is 6.92 Å². The van der Waals surface area contributed by atoms with Crippen molar-refractivity contribution in [1.82, 2.24) is 14.7 Å². The third kappa shape index (κ3) is 3.44. The minimum Gasteiger partial charge on any atom is -0.388 e. The Hall–Kier alpha value is -2.21. The van der Waals surface area contributed by atoms with Crippen molar-refractivity contribution in [3.05, 3.63) is 47.0 Å². The van der Waals surface area contributed by atoms with Gasteiger partial charge >= 0.3 is 0 Å². The maximum absolute atomic E-state index is 13.1. The van der Waals surface area contributed by atoms with Gasteiger partial charge < -0.3 is 10.0 Å². The van der Waals surface area contributed by atoms with E-state index in [1.165, 1.54) is 12.1 Å². The van der Waals surface area contributed by atoms with Crippen LogP contribution in [0.2, 0.25) is 0 Å². The molecule has 1 aliphatic rings. The normalized spacial score (nSPS) is 16.2. The predicted octanol–water partition coefficient (Wildman–Crippen LogP) is 3.01. The van der Waals surface area contributed by atoms with Crippen LogP contribution in [0.4, 0.5) is 4.39 Å². The molecule has 1 fully saturated rings. The van der Waals surface area contributed by atoms with E-state index in [0.717, 1.165) is 25.7 Å². The van der Waals surface area contributed by atoms with E-state index in [2.05, 4.69) is 5.10 Å². The molecule has 0 atom stereocenters. The van der Waals surface area contributed by atoms with Crippen LogP contribution in [0.1, 0.15) is 47.4 Å². The number of aromatic nitrogens is 2. The smallest absolute Gasteiger partial charge is 0.257 e. The minimum absolute atomic E-state index is 0.149. The number of carbonyl (C=O) groups excluding carboxylic acids is 1. The van der Waals surface area contributed by atoms with Crippen LogP contribution in [0.15, 0.2) is 24.3 Å². The van der Waals surface area contributed by atoms with Crippen LogP contribution in [-0.2, 0) is 0 Å². The van der Waals surface area contributed by atoms with Gasteiger partial charge in [0.05, 0.1) is 28.2 Å². The third-order valence-corrected chi connectivity index (χ3v) is 4.99. The van der Waals surface area contributed by atoms with Gasteiger partial charge in [-0.3, -0.25) is 4.79 Å². The summed E-state index contributed by atoms with van der Waals surface area (Å²) in [4.78, 5) is 14.5. The predicted molar refractivity (Wildman–Crippen MR) is 93.4 cm³/mol. The van der Waals surface area contributed by atoms with Crippen molar-refractivity contribution in [1.29, 1.82) is 0 Å². The SMILES string of the molecule is Cc1nn(-c2ccc(F)cc2)c(C)c1C(=O)N(C)CC1(O)CCCC1. The average Bonchev–Trinajstić information content (AvgIpc) is 3.11. The Bertz CT molecular complexity index is 777. The molecule has 0 aliphatic heterocycles. The Balaban J connectivity index is 1.86. The molecule has 1 aromatic heterocycles. The average molecular weight is 345 g/mol. The molecule has 1 saturated carbocycles. The van der Waals surface area contributed by atoms with Crippen LogP contribution in [0.5, 0.6) is 0 Å². The van der Waals surface area contributed by atoms with Crippen molar-refractivity contribution in [2.75, 3.05) is 13.6 Å². The van der Waals surface area contributed by atoms with Gasteiger partial charge in [-0.05, 0) is 51.0 Å².